The van der Waals surface area contributed by atoms with E-state index in [0.29, 0.717) is 27.1 Å². The van der Waals surface area contributed by atoms with Gasteiger partial charge >= 0.3 is 0 Å². The van der Waals surface area contributed by atoms with Crippen LogP contribution in [0.5, 0.6) is 0 Å². The lowest BCUT2D eigenvalue weighted by atomic mass is 10.1. The van der Waals surface area contributed by atoms with Gasteiger partial charge < -0.3 is 16.8 Å². The Morgan fingerprint density at radius 1 is 1.25 bits per heavy atom. The molecule has 0 unspecified atom stereocenters. The lowest BCUT2D eigenvalue weighted by Crippen LogP contribution is -2.11. The van der Waals surface area contributed by atoms with Gasteiger partial charge in [-0.2, -0.15) is 0 Å². The Morgan fingerprint density at radius 2 is 1.95 bits per heavy atom. The van der Waals surface area contributed by atoms with Crippen molar-refractivity contribution in [3.05, 3.63) is 51.7 Å². The van der Waals surface area contributed by atoms with Crippen molar-refractivity contribution in [3.63, 3.8) is 0 Å². The van der Waals surface area contributed by atoms with E-state index < -0.39 is 5.91 Å². The van der Waals surface area contributed by atoms with Crippen LogP contribution in [0.3, 0.4) is 0 Å². The fourth-order valence-corrected chi connectivity index (χ4v) is 2.09. The predicted molar refractivity (Wildman–Crippen MR) is 81.5 cm³/mol. The number of hydrogen-bond acceptors (Lipinski definition) is 3. The van der Waals surface area contributed by atoms with E-state index in [2.05, 4.69) is 21.2 Å². The summed E-state index contributed by atoms with van der Waals surface area (Å²) in [6.45, 7) is 1.77. The maximum Gasteiger partial charge on any atom is 0.248 e. The topological polar surface area (TPSA) is 81.1 Å². The first-order valence-corrected chi connectivity index (χ1v) is 6.60. The Morgan fingerprint density at radius 3 is 2.60 bits per heavy atom. The van der Waals surface area contributed by atoms with Crippen molar-refractivity contribution in [3.8, 4) is 0 Å². The van der Waals surface area contributed by atoms with Crippen LogP contribution in [-0.4, -0.2) is 5.91 Å². The van der Waals surface area contributed by atoms with Gasteiger partial charge in [-0.05, 0) is 58.7 Å². The minimum Gasteiger partial charge on any atom is -0.397 e. The number of anilines is 3. The highest BCUT2D eigenvalue weighted by Gasteiger charge is 2.09. The zero-order chi connectivity index (χ0) is 14.9. The second-order valence-electron chi connectivity index (χ2n) is 4.37. The fourth-order valence-electron chi connectivity index (χ4n) is 1.74. The number of benzene rings is 2. The highest BCUT2D eigenvalue weighted by atomic mass is 79.9. The summed E-state index contributed by atoms with van der Waals surface area (Å²) in [7, 11) is 0. The van der Waals surface area contributed by atoms with Gasteiger partial charge in [0.25, 0.3) is 0 Å². The molecule has 1 amide bonds. The number of nitrogen functional groups attached to an aromatic ring is 1. The normalized spacial score (nSPS) is 10.3. The van der Waals surface area contributed by atoms with Gasteiger partial charge in [0.05, 0.1) is 15.8 Å². The summed E-state index contributed by atoms with van der Waals surface area (Å²) in [6.07, 6.45) is 0. The van der Waals surface area contributed by atoms with Crippen molar-refractivity contribution in [1.29, 1.82) is 0 Å². The van der Waals surface area contributed by atoms with E-state index in [1.54, 1.807) is 31.2 Å². The Labute approximate surface area is 124 Å². The number of nitrogens with one attached hydrogen (secondary N) is 1. The maximum absolute atomic E-state index is 13.4. The van der Waals surface area contributed by atoms with Crippen molar-refractivity contribution >= 4 is 38.9 Å². The summed E-state index contributed by atoms with van der Waals surface area (Å²) in [5.74, 6) is -0.878. The quantitative estimate of drug-likeness (QED) is 0.751. The fraction of sp³-hybridized carbons (Fsp3) is 0.0714. The molecule has 0 bridgehead atoms. The summed E-state index contributed by atoms with van der Waals surface area (Å²) >= 11 is 3.13. The van der Waals surface area contributed by atoms with Crippen LogP contribution < -0.4 is 16.8 Å². The molecule has 0 saturated carbocycles. The standard InChI is InChI=1S/C14H13BrFN3O/c1-7-4-10(16)9(15)6-12(7)19-13-5-8(14(18)20)2-3-11(13)17/h2-6,19H,17H2,1H3,(H2,18,20). The number of primary amides is 1. The van der Waals surface area contributed by atoms with Gasteiger partial charge in [0, 0.05) is 11.3 Å². The van der Waals surface area contributed by atoms with E-state index in [4.69, 9.17) is 11.5 Å². The lowest BCUT2D eigenvalue weighted by molar-refractivity contribution is 0.100. The highest BCUT2D eigenvalue weighted by Crippen LogP contribution is 2.29. The Kier molecular flexibility index (Phi) is 3.94. The van der Waals surface area contributed by atoms with Crippen LogP contribution >= 0.6 is 15.9 Å². The van der Waals surface area contributed by atoms with Gasteiger partial charge in [-0.15, -0.1) is 0 Å². The van der Waals surface area contributed by atoms with Gasteiger partial charge in [0.1, 0.15) is 5.82 Å². The summed E-state index contributed by atoms with van der Waals surface area (Å²) in [5, 5.41) is 3.07. The molecule has 104 valence electrons. The van der Waals surface area contributed by atoms with E-state index in [1.165, 1.54) is 6.07 Å². The first-order chi connectivity index (χ1) is 9.38. The number of aryl methyl sites for hydroxylation is 1. The molecule has 4 nitrogen and oxygen atoms in total. The van der Waals surface area contributed by atoms with Crippen molar-refractivity contribution in [1.82, 2.24) is 0 Å². The monoisotopic (exact) mass is 337 g/mol. The van der Waals surface area contributed by atoms with Gasteiger partial charge in [-0.25, -0.2) is 4.39 Å². The molecule has 0 saturated heterocycles. The van der Waals surface area contributed by atoms with E-state index in [0.717, 1.165) is 5.56 Å². The van der Waals surface area contributed by atoms with Gasteiger partial charge in [0.2, 0.25) is 5.91 Å². The average molecular weight is 338 g/mol. The number of halogens is 2. The van der Waals surface area contributed by atoms with Crippen LogP contribution in [-0.2, 0) is 0 Å². The van der Waals surface area contributed by atoms with Gasteiger partial charge in [0.15, 0.2) is 0 Å². The summed E-state index contributed by atoms with van der Waals surface area (Å²) in [6, 6.07) is 7.72. The van der Waals surface area contributed by atoms with Crippen LogP contribution in [0.2, 0.25) is 0 Å². The van der Waals surface area contributed by atoms with E-state index >= 15 is 0 Å². The molecule has 6 heteroatoms. The summed E-state index contributed by atoms with van der Waals surface area (Å²) < 4.78 is 13.7. The van der Waals surface area contributed by atoms with Gasteiger partial charge in [-0.3, -0.25) is 4.79 Å². The third-order valence-corrected chi connectivity index (χ3v) is 3.48. The largest absolute Gasteiger partial charge is 0.397 e. The molecule has 0 radical (unpaired) electrons. The second kappa shape index (κ2) is 5.50. The molecule has 0 aliphatic rings. The van der Waals surface area contributed by atoms with E-state index in [9.17, 15) is 9.18 Å². The number of carbonyl (C=O) groups is 1. The van der Waals surface area contributed by atoms with Crippen molar-refractivity contribution in [2.24, 2.45) is 5.73 Å². The zero-order valence-corrected chi connectivity index (χ0v) is 12.3. The number of amides is 1. The molecular weight excluding hydrogens is 325 g/mol. The van der Waals surface area contributed by atoms with Crippen LogP contribution in [0.1, 0.15) is 15.9 Å². The predicted octanol–water partition coefficient (Wildman–Crippen LogP) is 3.32. The molecule has 0 spiro atoms. The average Bonchev–Trinajstić information content (AvgIpc) is 2.38. The molecule has 2 aromatic rings. The minimum atomic E-state index is -0.537. The molecule has 0 aliphatic heterocycles. The lowest BCUT2D eigenvalue weighted by Gasteiger charge is -2.13. The molecule has 0 aliphatic carbocycles. The first-order valence-electron chi connectivity index (χ1n) is 5.80. The van der Waals surface area contributed by atoms with Crippen LogP contribution in [0.25, 0.3) is 0 Å². The summed E-state index contributed by atoms with van der Waals surface area (Å²) in [4.78, 5) is 11.2. The zero-order valence-electron chi connectivity index (χ0n) is 10.7. The van der Waals surface area contributed by atoms with Crippen molar-refractivity contribution < 1.29 is 9.18 Å². The maximum atomic E-state index is 13.4. The molecule has 0 fully saturated rings. The van der Waals surface area contributed by atoms with E-state index in [1.807, 2.05) is 0 Å². The van der Waals surface area contributed by atoms with Crippen molar-refractivity contribution in [2.75, 3.05) is 11.1 Å². The Hall–Kier alpha value is -2.08. The number of hydrogen-bond donors (Lipinski definition) is 3. The number of nitrogens with two attached hydrogens (primary N) is 2. The molecule has 2 rings (SSSR count). The molecular formula is C14H13BrFN3O. The second-order valence-corrected chi connectivity index (χ2v) is 5.23. The smallest absolute Gasteiger partial charge is 0.248 e. The molecule has 5 N–H and O–H groups in total. The Bertz CT molecular complexity index is 688. The van der Waals surface area contributed by atoms with Crippen LogP contribution in [0.15, 0.2) is 34.8 Å². The first kappa shape index (κ1) is 14.3. The van der Waals surface area contributed by atoms with E-state index in [-0.39, 0.29) is 5.82 Å². The van der Waals surface area contributed by atoms with Crippen LogP contribution in [0.4, 0.5) is 21.5 Å². The molecule has 2 aromatic carbocycles. The molecule has 0 heterocycles. The number of carbonyl (C=O) groups excluding carboxylic acids is 1. The Balaban J connectivity index is 2.42. The number of rotatable bonds is 3. The molecule has 20 heavy (non-hydrogen) atoms. The summed E-state index contributed by atoms with van der Waals surface area (Å²) in [5.41, 5.74) is 13.9. The highest BCUT2D eigenvalue weighted by molar-refractivity contribution is 9.10. The molecule has 0 atom stereocenters. The molecule has 0 aromatic heterocycles. The van der Waals surface area contributed by atoms with Crippen molar-refractivity contribution in [2.45, 2.75) is 6.92 Å². The SMILES string of the molecule is Cc1cc(F)c(Br)cc1Nc1cc(C(N)=O)ccc1N. The minimum absolute atomic E-state index is 0.341. The third-order valence-electron chi connectivity index (χ3n) is 2.87. The third kappa shape index (κ3) is 2.91. The van der Waals surface area contributed by atoms with Gasteiger partial charge in [-0.1, -0.05) is 0 Å². The van der Waals surface area contributed by atoms with Crippen LogP contribution in [0, 0.1) is 12.7 Å².